The summed E-state index contributed by atoms with van der Waals surface area (Å²) in [5.74, 6) is 0.870. The Morgan fingerprint density at radius 3 is 2.28 bits per heavy atom. The first-order chi connectivity index (χ1) is 12.1. The lowest BCUT2D eigenvalue weighted by Crippen LogP contribution is -2.36. The normalized spacial score (nSPS) is 19.2. The maximum Gasteiger partial charge on any atom is 0.222 e. The number of likely N-dealkylation sites (tertiary alicyclic amines) is 2. The molecule has 0 radical (unpaired) electrons. The Hall–Kier alpha value is -1.88. The van der Waals surface area contributed by atoms with Crippen LogP contribution in [0.5, 0.6) is 0 Å². The highest BCUT2D eigenvalue weighted by molar-refractivity contribution is 5.88. The van der Waals surface area contributed by atoms with Crippen molar-refractivity contribution in [2.45, 2.75) is 45.6 Å². The third-order valence-corrected chi connectivity index (χ3v) is 5.31. The molecule has 0 aromatic heterocycles. The van der Waals surface area contributed by atoms with Gasteiger partial charge in [0, 0.05) is 38.7 Å². The fourth-order valence-corrected chi connectivity index (χ4v) is 3.85. The number of rotatable bonds is 5. The van der Waals surface area contributed by atoms with Crippen molar-refractivity contribution in [2.24, 2.45) is 5.92 Å². The number of hydrogen-bond donors (Lipinski definition) is 1. The fourth-order valence-electron chi connectivity index (χ4n) is 3.85. The van der Waals surface area contributed by atoms with Gasteiger partial charge in [-0.25, -0.2) is 0 Å². The van der Waals surface area contributed by atoms with E-state index in [4.69, 9.17) is 0 Å². The van der Waals surface area contributed by atoms with Crippen molar-refractivity contribution in [1.29, 1.82) is 0 Å². The molecule has 1 N–H and O–H groups in total. The van der Waals surface area contributed by atoms with E-state index in [1.165, 1.54) is 25.3 Å². The highest BCUT2D eigenvalue weighted by atomic mass is 16.2. The van der Waals surface area contributed by atoms with Gasteiger partial charge in [0.25, 0.3) is 0 Å². The predicted molar refractivity (Wildman–Crippen MR) is 99.2 cm³/mol. The summed E-state index contributed by atoms with van der Waals surface area (Å²) >= 11 is 0. The molecule has 0 aliphatic carbocycles. The summed E-state index contributed by atoms with van der Waals surface area (Å²) in [5, 5.41) is 2.79. The molecule has 1 aromatic carbocycles. The van der Waals surface area contributed by atoms with Gasteiger partial charge in [0.2, 0.25) is 11.8 Å². The van der Waals surface area contributed by atoms with Crippen LogP contribution >= 0.6 is 0 Å². The molecule has 0 saturated carbocycles. The fraction of sp³-hybridized carbons (Fsp3) is 0.600. The first-order valence-corrected chi connectivity index (χ1v) is 9.47. The summed E-state index contributed by atoms with van der Waals surface area (Å²) in [4.78, 5) is 27.8. The van der Waals surface area contributed by atoms with Crippen molar-refractivity contribution in [1.82, 2.24) is 9.80 Å². The Kier molecular flexibility index (Phi) is 6.08. The van der Waals surface area contributed by atoms with Gasteiger partial charge < -0.3 is 10.2 Å². The number of anilines is 1. The van der Waals surface area contributed by atoms with Crippen molar-refractivity contribution in [3.05, 3.63) is 29.8 Å². The molecule has 0 bridgehead atoms. The maximum atomic E-state index is 12.3. The molecular weight excluding hydrogens is 314 g/mol. The number of amides is 2. The van der Waals surface area contributed by atoms with Crippen LogP contribution in [0.15, 0.2) is 24.3 Å². The third-order valence-electron chi connectivity index (χ3n) is 5.31. The van der Waals surface area contributed by atoms with E-state index in [1.807, 2.05) is 17.0 Å². The summed E-state index contributed by atoms with van der Waals surface area (Å²) < 4.78 is 0. The smallest absolute Gasteiger partial charge is 0.222 e. The second-order valence-electron chi connectivity index (χ2n) is 7.39. The minimum Gasteiger partial charge on any atom is -0.343 e. The van der Waals surface area contributed by atoms with Crippen molar-refractivity contribution < 1.29 is 9.59 Å². The molecule has 136 valence electrons. The molecule has 3 rings (SSSR count). The Bertz CT molecular complexity index is 585. The van der Waals surface area contributed by atoms with Crippen molar-refractivity contribution >= 4 is 17.5 Å². The highest BCUT2D eigenvalue weighted by Gasteiger charge is 2.25. The van der Waals surface area contributed by atoms with E-state index in [0.29, 0.717) is 11.8 Å². The largest absolute Gasteiger partial charge is 0.343 e. The topological polar surface area (TPSA) is 52.7 Å². The Morgan fingerprint density at radius 1 is 1.04 bits per heavy atom. The second-order valence-corrected chi connectivity index (χ2v) is 7.39. The van der Waals surface area contributed by atoms with E-state index in [1.54, 1.807) is 0 Å². The Balaban J connectivity index is 1.41. The van der Waals surface area contributed by atoms with Crippen LogP contribution < -0.4 is 5.32 Å². The first kappa shape index (κ1) is 17.9. The van der Waals surface area contributed by atoms with E-state index in [2.05, 4.69) is 22.3 Å². The number of hydrogen-bond acceptors (Lipinski definition) is 3. The van der Waals surface area contributed by atoms with Gasteiger partial charge in [0.15, 0.2) is 0 Å². The van der Waals surface area contributed by atoms with Crippen LogP contribution in [0.25, 0.3) is 0 Å². The van der Waals surface area contributed by atoms with Gasteiger partial charge in [-0.05, 0) is 62.4 Å². The average molecular weight is 343 g/mol. The molecule has 2 aliphatic rings. The van der Waals surface area contributed by atoms with Gasteiger partial charge in [-0.2, -0.15) is 0 Å². The van der Waals surface area contributed by atoms with Gasteiger partial charge in [-0.15, -0.1) is 0 Å². The highest BCUT2D eigenvalue weighted by Crippen LogP contribution is 2.24. The molecular formula is C20H29N3O2. The molecule has 25 heavy (non-hydrogen) atoms. The lowest BCUT2D eigenvalue weighted by atomic mass is 9.92. The molecule has 2 fully saturated rings. The number of piperidine rings is 1. The zero-order valence-corrected chi connectivity index (χ0v) is 15.2. The number of benzene rings is 1. The van der Waals surface area contributed by atoms with E-state index in [0.717, 1.165) is 57.7 Å². The molecule has 0 atom stereocenters. The summed E-state index contributed by atoms with van der Waals surface area (Å²) in [6.45, 7) is 6.51. The monoisotopic (exact) mass is 343 g/mol. The molecule has 2 amide bonds. The number of nitrogens with one attached hydrogen (secondary N) is 1. The van der Waals surface area contributed by atoms with E-state index in [9.17, 15) is 9.59 Å². The summed E-state index contributed by atoms with van der Waals surface area (Å²) in [6.07, 6.45) is 5.31. The number of nitrogens with zero attached hydrogens (tertiary/aromatic N) is 2. The van der Waals surface area contributed by atoms with Crippen molar-refractivity contribution in [2.75, 3.05) is 31.5 Å². The zero-order valence-electron chi connectivity index (χ0n) is 15.2. The van der Waals surface area contributed by atoms with Crippen molar-refractivity contribution in [3.63, 3.8) is 0 Å². The maximum absolute atomic E-state index is 12.3. The van der Waals surface area contributed by atoms with E-state index in [-0.39, 0.29) is 5.91 Å². The average Bonchev–Trinajstić information content (AvgIpc) is 3.13. The van der Waals surface area contributed by atoms with Crippen LogP contribution in [0.3, 0.4) is 0 Å². The van der Waals surface area contributed by atoms with Gasteiger partial charge in [-0.1, -0.05) is 12.1 Å². The van der Waals surface area contributed by atoms with Crippen molar-refractivity contribution in [3.8, 4) is 0 Å². The third kappa shape index (κ3) is 5.30. The van der Waals surface area contributed by atoms with Crippen LogP contribution in [-0.2, 0) is 16.1 Å². The van der Waals surface area contributed by atoms with Gasteiger partial charge >= 0.3 is 0 Å². The lowest BCUT2D eigenvalue weighted by molar-refractivity contribution is -0.131. The summed E-state index contributed by atoms with van der Waals surface area (Å²) in [5.41, 5.74) is 2.11. The molecule has 5 nitrogen and oxygen atoms in total. The quantitative estimate of drug-likeness (QED) is 0.894. The summed E-state index contributed by atoms with van der Waals surface area (Å²) in [7, 11) is 0. The lowest BCUT2D eigenvalue weighted by Gasteiger charge is -2.32. The van der Waals surface area contributed by atoms with Crippen LogP contribution in [0.1, 0.15) is 44.6 Å². The van der Waals surface area contributed by atoms with Crippen LogP contribution in [0, 0.1) is 5.92 Å². The first-order valence-electron chi connectivity index (χ1n) is 9.47. The minimum atomic E-state index is -0.0432. The molecule has 0 unspecified atom stereocenters. The molecule has 2 saturated heterocycles. The van der Waals surface area contributed by atoms with E-state index >= 15 is 0 Å². The van der Waals surface area contributed by atoms with Gasteiger partial charge in [0.05, 0.1) is 0 Å². The Labute approximate surface area is 150 Å². The molecule has 0 spiro atoms. The second kappa shape index (κ2) is 8.48. The van der Waals surface area contributed by atoms with E-state index < -0.39 is 0 Å². The van der Waals surface area contributed by atoms with Crippen LogP contribution in [0.2, 0.25) is 0 Å². The van der Waals surface area contributed by atoms with Crippen LogP contribution in [-0.4, -0.2) is 47.8 Å². The zero-order chi connectivity index (χ0) is 17.6. The number of carbonyl (C=O) groups is 2. The molecule has 2 aliphatic heterocycles. The molecule has 2 heterocycles. The SMILES string of the molecule is CC(=O)Nc1ccc(CN2CCC(CC(=O)N3CCCC3)CC2)cc1. The van der Waals surface area contributed by atoms with Crippen LogP contribution in [0.4, 0.5) is 5.69 Å². The minimum absolute atomic E-state index is 0.0432. The summed E-state index contributed by atoms with van der Waals surface area (Å²) in [6, 6.07) is 8.07. The Morgan fingerprint density at radius 2 is 1.68 bits per heavy atom. The predicted octanol–water partition coefficient (Wildman–Crippen LogP) is 2.87. The molecule has 5 heteroatoms. The van der Waals surface area contributed by atoms with Gasteiger partial charge in [-0.3, -0.25) is 14.5 Å². The standard InChI is InChI=1S/C20H29N3O2/c1-16(24)21-19-6-4-18(5-7-19)15-22-12-8-17(9-13-22)14-20(25)23-10-2-3-11-23/h4-7,17H,2-3,8-15H2,1H3,(H,21,24). The molecule has 1 aromatic rings. The van der Waals surface area contributed by atoms with Gasteiger partial charge in [0.1, 0.15) is 0 Å². The number of carbonyl (C=O) groups excluding carboxylic acids is 2.